The van der Waals surface area contributed by atoms with E-state index >= 15 is 0 Å². The van der Waals surface area contributed by atoms with E-state index in [9.17, 15) is 14.4 Å². The lowest BCUT2D eigenvalue weighted by Crippen LogP contribution is -2.44. The smallest absolute Gasteiger partial charge is 0.339 e. The molecule has 0 spiro atoms. The van der Waals surface area contributed by atoms with Crippen LogP contribution in [-0.2, 0) is 9.53 Å². The Kier molecular flexibility index (Phi) is 6.85. The summed E-state index contributed by atoms with van der Waals surface area (Å²) < 4.78 is 15.2. The number of methoxy groups -OCH3 is 2. The summed E-state index contributed by atoms with van der Waals surface area (Å²) in [6.07, 6.45) is -1.14. The number of benzene rings is 1. The first-order valence-corrected chi connectivity index (χ1v) is 6.94. The third-order valence-corrected chi connectivity index (χ3v) is 2.81. The molecule has 1 rings (SSSR count). The molecular weight excluding hydrogens is 304 g/mol. The zero-order chi connectivity index (χ0) is 17.4. The topological polar surface area (TPSA) is 103 Å². The zero-order valence-corrected chi connectivity index (χ0v) is 13.5. The Bertz CT molecular complexity index is 565. The molecule has 0 saturated carbocycles. The standard InChI is InChI=1S/C15H20N2O6/c1-5-16-15(20)17-13(18)9(2)23-14(19)10-6-11(21-3)8-12(7-10)22-4/h6-9H,5H2,1-4H3,(H2,16,17,18,20)/t9-/m0/s1. The largest absolute Gasteiger partial charge is 0.497 e. The van der Waals surface area contributed by atoms with Crippen molar-refractivity contribution in [2.75, 3.05) is 20.8 Å². The van der Waals surface area contributed by atoms with Gasteiger partial charge >= 0.3 is 12.0 Å². The molecule has 0 bridgehead atoms. The molecule has 2 N–H and O–H groups in total. The number of urea groups is 1. The van der Waals surface area contributed by atoms with Crippen molar-refractivity contribution >= 4 is 17.9 Å². The molecule has 0 unspecified atom stereocenters. The number of hydrogen-bond acceptors (Lipinski definition) is 6. The number of esters is 1. The molecule has 0 aliphatic heterocycles. The number of amides is 3. The molecule has 0 radical (unpaired) electrons. The summed E-state index contributed by atoms with van der Waals surface area (Å²) in [5.74, 6) is -0.633. The number of ether oxygens (including phenoxy) is 3. The van der Waals surface area contributed by atoms with Gasteiger partial charge in [0.25, 0.3) is 5.91 Å². The Morgan fingerprint density at radius 3 is 2.13 bits per heavy atom. The molecular formula is C15H20N2O6. The lowest BCUT2D eigenvalue weighted by molar-refractivity contribution is -0.127. The van der Waals surface area contributed by atoms with Gasteiger partial charge in [0.15, 0.2) is 6.10 Å². The number of rotatable bonds is 6. The van der Waals surface area contributed by atoms with Crippen molar-refractivity contribution < 1.29 is 28.6 Å². The van der Waals surface area contributed by atoms with Crippen molar-refractivity contribution in [2.24, 2.45) is 0 Å². The molecule has 0 saturated heterocycles. The van der Waals surface area contributed by atoms with E-state index in [0.717, 1.165) is 0 Å². The van der Waals surface area contributed by atoms with E-state index in [-0.39, 0.29) is 5.56 Å². The summed E-state index contributed by atoms with van der Waals surface area (Å²) in [4.78, 5) is 35.1. The van der Waals surface area contributed by atoms with E-state index in [2.05, 4.69) is 10.6 Å². The van der Waals surface area contributed by atoms with Gasteiger partial charge in [0.1, 0.15) is 11.5 Å². The fraction of sp³-hybridized carbons (Fsp3) is 0.400. The molecule has 0 heterocycles. The number of carbonyl (C=O) groups excluding carboxylic acids is 3. The molecule has 0 aromatic heterocycles. The number of carbonyl (C=O) groups is 3. The van der Waals surface area contributed by atoms with Gasteiger partial charge in [-0.15, -0.1) is 0 Å². The Morgan fingerprint density at radius 2 is 1.65 bits per heavy atom. The van der Waals surface area contributed by atoms with Crippen LogP contribution in [0, 0.1) is 0 Å². The minimum absolute atomic E-state index is 0.166. The molecule has 3 amide bonds. The Hall–Kier alpha value is -2.77. The second kappa shape index (κ2) is 8.62. The molecule has 1 atom stereocenters. The van der Waals surface area contributed by atoms with Crippen LogP contribution in [0.5, 0.6) is 11.5 Å². The van der Waals surface area contributed by atoms with Crippen molar-refractivity contribution in [1.29, 1.82) is 0 Å². The third kappa shape index (κ3) is 5.50. The van der Waals surface area contributed by atoms with Crippen LogP contribution >= 0.6 is 0 Å². The summed E-state index contributed by atoms with van der Waals surface area (Å²) in [5.41, 5.74) is 0.166. The molecule has 8 nitrogen and oxygen atoms in total. The minimum Gasteiger partial charge on any atom is -0.497 e. The maximum Gasteiger partial charge on any atom is 0.339 e. The zero-order valence-electron chi connectivity index (χ0n) is 13.5. The molecule has 0 fully saturated rings. The van der Waals surface area contributed by atoms with Gasteiger partial charge in [-0.05, 0) is 26.0 Å². The highest BCUT2D eigenvalue weighted by Gasteiger charge is 2.21. The first kappa shape index (κ1) is 18.3. The van der Waals surface area contributed by atoms with Gasteiger partial charge in [-0.2, -0.15) is 0 Å². The highest BCUT2D eigenvalue weighted by molar-refractivity contribution is 5.98. The van der Waals surface area contributed by atoms with Crippen molar-refractivity contribution in [2.45, 2.75) is 20.0 Å². The van der Waals surface area contributed by atoms with Gasteiger partial charge in [-0.1, -0.05) is 0 Å². The second-order valence-corrected chi connectivity index (χ2v) is 4.50. The van der Waals surface area contributed by atoms with Crippen molar-refractivity contribution in [1.82, 2.24) is 10.6 Å². The van der Waals surface area contributed by atoms with E-state index in [1.165, 1.54) is 33.3 Å². The van der Waals surface area contributed by atoms with Crippen molar-refractivity contribution in [3.8, 4) is 11.5 Å². The molecule has 1 aromatic carbocycles. The van der Waals surface area contributed by atoms with Crippen molar-refractivity contribution in [3.05, 3.63) is 23.8 Å². The normalized spacial score (nSPS) is 11.1. The monoisotopic (exact) mass is 324 g/mol. The summed E-state index contributed by atoms with van der Waals surface area (Å²) in [7, 11) is 2.90. The Balaban J connectivity index is 2.75. The van der Waals surface area contributed by atoms with Gasteiger partial charge in [-0.3, -0.25) is 10.1 Å². The van der Waals surface area contributed by atoms with Crippen LogP contribution in [0.4, 0.5) is 4.79 Å². The molecule has 0 aliphatic carbocycles. The van der Waals surface area contributed by atoms with Crippen molar-refractivity contribution in [3.63, 3.8) is 0 Å². The third-order valence-electron chi connectivity index (χ3n) is 2.81. The van der Waals surface area contributed by atoms with Crippen LogP contribution in [0.1, 0.15) is 24.2 Å². The van der Waals surface area contributed by atoms with Crippen LogP contribution in [0.2, 0.25) is 0 Å². The highest BCUT2D eigenvalue weighted by atomic mass is 16.5. The van der Waals surface area contributed by atoms with E-state index in [4.69, 9.17) is 14.2 Å². The van der Waals surface area contributed by atoms with E-state index < -0.39 is 24.0 Å². The van der Waals surface area contributed by atoms with Gasteiger partial charge in [0.05, 0.1) is 19.8 Å². The van der Waals surface area contributed by atoms with Gasteiger partial charge in [-0.25, -0.2) is 9.59 Å². The molecule has 23 heavy (non-hydrogen) atoms. The van der Waals surface area contributed by atoms with Gasteiger partial charge in [0.2, 0.25) is 0 Å². The maximum absolute atomic E-state index is 12.1. The van der Waals surface area contributed by atoms with Crippen LogP contribution in [0.3, 0.4) is 0 Å². The predicted molar refractivity (Wildman–Crippen MR) is 81.6 cm³/mol. The lowest BCUT2D eigenvalue weighted by Gasteiger charge is -2.14. The minimum atomic E-state index is -1.14. The maximum atomic E-state index is 12.1. The first-order valence-electron chi connectivity index (χ1n) is 6.94. The van der Waals surface area contributed by atoms with E-state index in [0.29, 0.717) is 18.0 Å². The Labute approximate surface area is 134 Å². The van der Waals surface area contributed by atoms with Gasteiger partial charge in [0, 0.05) is 12.6 Å². The van der Waals surface area contributed by atoms with Crippen LogP contribution < -0.4 is 20.1 Å². The van der Waals surface area contributed by atoms with Gasteiger partial charge < -0.3 is 19.5 Å². The summed E-state index contributed by atoms with van der Waals surface area (Å²) >= 11 is 0. The average molecular weight is 324 g/mol. The Morgan fingerprint density at radius 1 is 1.09 bits per heavy atom. The fourth-order valence-corrected chi connectivity index (χ4v) is 1.63. The molecule has 0 aliphatic rings. The average Bonchev–Trinajstić information content (AvgIpc) is 2.54. The van der Waals surface area contributed by atoms with Crippen LogP contribution in [0.15, 0.2) is 18.2 Å². The molecule has 126 valence electrons. The first-order chi connectivity index (χ1) is 10.9. The number of hydrogen-bond donors (Lipinski definition) is 2. The lowest BCUT2D eigenvalue weighted by atomic mass is 10.2. The molecule has 8 heteroatoms. The second-order valence-electron chi connectivity index (χ2n) is 4.50. The predicted octanol–water partition coefficient (Wildman–Crippen LogP) is 1.09. The SMILES string of the molecule is CCNC(=O)NC(=O)[C@H](C)OC(=O)c1cc(OC)cc(OC)c1. The quantitative estimate of drug-likeness (QED) is 0.760. The fourth-order valence-electron chi connectivity index (χ4n) is 1.63. The van der Waals surface area contributed by atoms with Crippen LogP contribution in [-0.4, -0.2) is 44.8 Å². The summed E-state index contributed by atoms with van der Waals surface area (Å²) in [6, 6.07) is 3.86. The van der Waals surface area contributed by atoms with E-state index in [1.807, 2.05) is 0 Å². The number of imide groups is 1. The number of nitrogens with one attached hydrogen (secondary N) is 2. The summed E-state index contributed by atoms with van der Waals surface area (Å²) in [6.45, 7) is 3.45. The van der Waals surface area contributed by atoms with Crippen LogP contribution in [0.25, 0.3) is 0 Å². The highest BCUT2D eigenvalue weighted by Crippen LogP contribution is 2.23. The molecule has 1 aromatic rings. The van der Waals surface area contributed by atoms with E-state index in [1.54, 1.807) is 13.0 Å². The summed E-state index contributed by atoms with van der Waals surface area (Å²) in [5, 5.41) is 4.47.